The van der Waals surface area contributed by atoms with Gasteiger partial charge in [-0.05, 0) is 77.9 Å². The molecule has 0 bridgehead atoms. The fourth-order valence-electron chi connectivity index (χ4n) is 7.45. The van der Waals surface area contributed by atoms with E-state index in [-0.39, 0.29) is 48.0 Å². The van der Waals surface area contributed by atoms with E-state index >= 15 is 0 Å². The molecule has 12 heteroatoms. The van der Waals surface area contributed by atoms with Gasteiger partial charge in [-0.2, -0.15) is 0 Å². The second kappa shape index (κ2) is 18.1. The summed E-state index contributed by atoms with van der Waals surface area (Å²) in [6.07, 6.45) is 0.778. The number of hydrogen-bond acceptors (Lipinski definition) is 8. The molecule has 1 saturated heterocycles. The van der Waals surface area contributed by atoms with Crippen molar-refractivity contribution in [3.8, 4) is 11.5 Å². The highest BCUT2D eigenvalue weighted by Gasteiger charge is 2.43. The van der Waals surface area contributed by atoms with Crippen molar-refractivity contribution >= 4 is 28.7 Å². The lowest BCUT2D eigenvalue weighted by atomic mass is 9.73. The summed E-state index contributed by atoms with van der Waals surface area (Å²) in [7, 11) is 1.60. The summed E-state index contributed by atoms with van der Waals surface area (Å²) >= 11 is 0. The van der Waals surface area contributed by atoms with E-state index in [1.807, 2.05) is 78.9 Å². The molecule has 1 aromatic heterocycles. The van der Waals surface area contributed by atoms with E-state index in [2.05, 4.69) is 10.3 Å². The van der Waals surface area contributed by atoms with Crippen LogP contribution in [-0.2, 0) is 39.2 Å². The quantitative estimate of drug-likeness (QED) is 0.0894. The molecule has 56 heavy (non-hydrogen) atoms. The minimum Gasteiger partial charge on any atom is -0.506 e. The number of carboxylic acid groups (broad SMARTS) is 1. The number of pyridine rings is 1. The van der Waals surface area contributed by atoms with Gasteiger partial charge in [0.1, 0.15) is 11.5 Å². The number of carbonyl (C=O) groups is 3. The Labute approximate surface area is 325 Å². The first-order valence-corrected chi connectivity index (χ1v) is 18.9. The Morgan fingerprint density at radius 2 is 1.61 bits per heavy atom. The van der Waals surface area contributed by atoms with Gasteiger partial charge in [0, 0.05) is 44.2 Å². The van der Waals surface area contributed by atoms with Crippen molar-refractivity contribution < 1.29 is 34.4 Å². The van der Waals surface area contributed by atoms with Crippen molar-refractivity contribution in [3.05, 3.63) is 141 Å². The zero-order valence-corrected chi connectivity index (χ0v) is 31.4. The molecule has 0 aliphatic carbocycles. The number of likely N-dealkylation sites (tertiary alicyclic amines) is 1. The number of nitrogens with one attached hydrogen (secondary N) is 2. The third-order valence-corrected chi connectivity index (χ3v) is 10.7. The number of carbonyl (C=O) groups excluding carboxylic acids is 2. The Morgan fingerprint density at radius 3 is 2.30 bits per heavy atom. The molecule has 1 atom stereocenters. The van der Waals surface area contributed by atoms with E-state index < -0.39 is 17.5 Å². The lowest BCUT2D eigenvalue weighted by molar-refractivity contribution is -0.148. The topological polar surface area (TPSA) is 172 Å². The van der Waals surface area contributed by atoms with Gasteiger partial charge in [-0.1, -0.05) is 72.8 Å². The molecule has 1 aliphatic heterocycles. The van der Waals surface area contributed by atoms with E-state index in [1.165, 1.54) is 12.1 Å². The van der Waals surface area contributed by atoms with Crippen molar-refractivity contribution in [2.75, 3.05) is 39.8 Å². The molecular weight excluding hydrogens is 713 g/mol. The van der Waals surface area contributed by atoms with E-state index in [4.69, 9.17) is 4.74 Å². The van der Waals surface area contributed by atoms with Gasteiger partial charge in [0.15, 0.2) is 0 Å². The van der Waals surface area contributed by atoms with Crippen LogP contribution >= 0.6 is 0 Å². The maximum atomic E-state index is 13.8. The monoisotopic (exact) mass is 760 g/mol. The van der Waals surface area contributed by atoms with Crippen molar-refractivity contribution in [1.29, 1.82) is 0 Å². The lowest BCUT2D eigenvalue weighted by Crippen LogP contribution is -2.49. The standard InChI is InChI=1S/C44H48N4O8/c1-56-34-10-5-7-32(25-34)29-48(22-6-21-45-28-38(50)35-15-17-37(49)42-36(35)16-18-39(51)46-42)41(53)27-31-13-11-30(12-14-31)26-40(52)47-23-19-44(20-24-47,43(54)55)33-8-3-2-4-9-33/h2-5,7-18,25,38,45,49-50H,6,19-24,26-29H2,1H3,(H,46,51)(H,54,55)/t38-/m0/s1. The number of fused-ring (bicyclic) bond motifs is 1. The number of aromatic hydroxyl groups is 1. The molecule has 1 fully saturated rings. The normalized spacial score (nSPS) is 14.3. The molecule has 4 aromatic carbocycles. The molecule has 0 unspecified atom stereocenters. The summed E-state index contributed by atoms with van der Waals surface area (Å²) < 4.78 is 5.40. The molecule has 2 amide bonds. The fraction of sp³-hybridized carbons (Fsp3) is 0.318. The lowest BCUT2D eigenvalue weighted by Gasteiger charge is -2.39. The first-order valence-electron chi connectivity index (χ1n) is 18.9. The van der Waals surface area contributed by atoms with Gasteiger partial charge >= 0.3 is 5.97 Å². The largest absolute Gasteiger partial charge is 0.506 e. The van der Waals surface area contributed by atoms with Crippen LogP contribution in [0.2, 0.25) is 0 Å². The number of nitrogens with zero attached hydrogens (tertiary/aromatic N) is 2. The number of ether oxygens (including phenoxy) is 1. The summed E-state index contributed by atoms with van der Waals surface area (Å²) in [6.45, 7) is 2.32. The van der Waals surface area contributed by atoms with Crippen molar-refractivity contribution in [2.45, 2.75) is 50.2 Å². The van der Waals surface area contributed by atoms with Crippen LogP contribution in [0.5, 0.6) is 11.5 Å². The van der Waals surface area contributed by atoms with Crippen LogP contribution in [0.25, 0.3) is 10.9 Å². The molecule has 292 valence electrons. The Balaban J connectivity index is 1.03. The SMILES string of the molecule is COc1cccc(CN(CCCNC[C@H](O)c2ccc(O)c3[nH]c(=O)ccc23)C(=O)Cc2ccc(CC(=O)N3CCC(C(=O)O)(c4ccccc4)CC3)cc2)c1. The predicted molar refractivity (Wildman–Crippen MR) is 213 cm³/mol. The predicted octanol–water partition coefficient (Wildman–Crippen LogP) is 4.71. The molecular formula is C44H48N4O8. The van der Waals surface area contributed by atoms with Gasteiger partial charge < -0.3 is 40.2 Å². The number of piperidine rings is 1. The van der Waals surface area contributed by atoms with Crippen LogP contribution in [0.4, 0.5) is 0 Å². The molecule has 5 N–H and O–H groups in total. The fourth-order valence-corrected chi connectivity index (χ4v) is 7.45. The summed E-state index contributed by atoms with van der Waals surface area (Å²) in [4.78, 5) is 57.3. The minimum atomic E-state index is -1.000. The van der Waals surface area contributed by atoms with Crippen LogP contribution in [-0.4, -0.2) is 87.7 Å². The molecule has 12 nitrogen and oxygen atoms in total. The Bertz CT molecular complexity index is 2200. The van der Waals surface area contributed by atoms with Crippen molar-refractivity contribution in [1.82, 2.24) is 20.1 Å². The van der Waals surface area contributed by atoms with Gasteiger partial charge in [-0.25, -0.2) is 0 Å². The van der Waals surface area contributed by atoms with Crippen molar-refractivity contribution in [3.63, 3.8) is 0 Å². The maximum absolute atomic E-state index is 13.8. The van der Waals surface area contributed by atoms with Crippen LogP contribution in [0, 0.1) is 0 Å². The number of rotatable bonds is 16. The number of benzene rings is 4. The number of H-pyrrole nitrogens is 1. The molecule has 0 spiro atoms. The molecule has 2 heterocycles. The Kier molecular flexibility index (Phi) is 12.8. The van der Waals surface area contributed by atoms with E-state index in [9.17, 15) is 34.5 Å². The second-order valence-electron chi connectivity index (χ2n) is 14.3. The first-order chi connectivity index (χ1) is 27.1. The smallest absolute Gasteiger partial charge is 0.314 e. The number of aliphatic carboxylic acids is 1. The number of aromatic nitrogens is 1. The molecule has 0 radical (unpaired) electrons. The number of aliphatic hydroxyl groups excluding tert-OH is 1. The number of phenols is 1. The summed E-state index contributed by atoms with van der Waals surface area (Å²) in [5.74, 6) is -0.355. The van der Waals surface area contributed by atoms with Gasteiger partial charge in [0.05, 0.1) is 37.0 Å². The van der Waals surface area contributed by atoms with Crippen LogP contribution in [0.15, 0.2) is 108 Å². The van der Waals surface area contributed by atoms with Crippen molar-refractivity contribution in [2.24, 2.45) is 0 Å². The average Bonchev–Trinajstić information content (AvgIpc) is 3.21. The maximum Gasteiger partial charge on any atom is 0.314 e. The second-order valence-corrected chi connectivity index (χ2v) is 14.3. The molecule has 0 saturated carbocycles. The molecule has 1 aliphatic rings. The third kappa shape index (κ3) is 9.45. The zero-order valence-electron chi connectivity index (χ0n) is 31.4. The highest BCUT2D eigenvalue weighted by atomic mass is 16.5. The number of carboxylic acids is 1. The van der Waals surface area contributed by atoms with Crippen LogP contribution < -0.4 is 15.6 Å². The van der Waals surface area contributed by atoms with E-state index in [1.54, 1.807) is 29.0 Å². The van der Waals surface area contributed by atoms with E-state index in [0.29, 0.717) is 68.7 Å². The summed E-state index contributed by atoms with van der Waals surface area (Å²) in [6, 6.07) is 30.3. The van der Waals surface area contributed by atoms with Gasteiger partial charge in [0.2, 0.25) is 17.4 Å². The number of phenolic OH excluding ortho intramolecular Hbond substituents is 1. The highest BCUT2D eigenvalue weighted by Crippen LogP contribution is 2.36. The van der Waals surface area contributed by atoms with Crippen LogP contribution in [0.1, 0.15) is 53.2 Å². The number of aliphatic hydroxyl groups is 1. The Hall–Kier alpha value is -5.98. The third-order valence-electron chi connectivity index (χ3n) is 10.7. The van der Waals surface area contributed by atoms with Gasteiger partial charge in [0.25, 0.3) is 0 Å². The summed E-state index contributed by atoms with van der Waals surface area (Å²) in [5, 5.41) is 35.1. The Morgan fingerprint density at radius 1 is 0.893 bits per heavy atom. The van der Waals surface area contributed by atoms with E-state index in [0.717, 1.165) is 22.3 Å². The van der Waals surface area contributed by atoms with Gasteiger partial charge in [-0.3, -0.25) is 19.2 Å². The van der Waals surface area contributed by atoms with Gasteiger partial charge in [-0.15, -0.1) is 0 Å². The number of hydrogen-bond donors (Lipinski definition) is 5. The van der Waals surface area contributed by atoms with Crippen LogP contribution in [0.3, 0.4) is 0 Å². The highest BCUT2D eigenvalue weighted by molar-refractivity contribution is 5.87. The first kappa shape index (κ1) is 39.7. The molecule has 5 aromatic rings. The number of aromatic amines is 1. The average molecular weight is 761 g/mol. The number of amides is 2. The number of methoxy groups -OCH3 is 1. The minimum absolute atomic E-state index is 0.0563. The molecule has 6 rings (SSSR count). The summed E-state index contributed by atoms with van der Waals surface area (Å²) in [5.41, 5.74) is 2.83. The zero-order chi connectivity index (χ0) is 39.7.